The quantitative estimate of drug-likeness (QED) is 0.617. The molecule has 2 unspecified atom stereocenters. The molecule has 1 fully saturated rings. The van der Waals surface area contributed by atoms with Crippen molar-refractivity contribution in [1.82, 2.24) is 0 Å². The van der Waals surface area contributed by atoms with Crippen LogP contribution in [0.4, 0.5) is 0 Å². The topological polar surface area (TPSA) is 34.1 Å². The minimum Gasteiger partial charge on any atom is -0.299 e. The van der Waals surface area contributed by atoms with E-state index in [1.54, 1.807) is 0 Å². The Morgan fingerprint density at radius 2 is 1.00 bits per heavy atom. The van der Waals surface area contributed by atoms with Crippen LogP contribution in [0.25, 0.3) is 0 Å². The molecule has 21 heavy (non-hydrogen) atoms. The highest BCUT2D eigenvalue weighted by atomic mass is 16.1. The fraction of sp³-hybridized carbons (Fsp3) is 0.263. The predicted octanol–water partition coefficient (Wildman–Crippen LogP) is 3.88. The normalized spacial score (nSPS) is 22.9. The number of carbonyl (C=O) groups excluding carboxylic acids is 2. The standard InChI is InChI=1S/C19H18O2/c20-16-11-17(21)13-19(15-9-5-2-6-10-15)18(12-16)14-7-3-1-4-8-14/h1-10,18-19H,11-13H2. The summed E-state index contributed by atoms with van der Waals surface area (Å²) in [5.41, 5.74) is 2.30. The molecule has 0 spiro atoms. The SMILES string of the molecule is O=C1CC(=O)CC(c2ccccc2)C(c2ccccc2)C1. The van der Waals surface area contributed by atoms with Crippen molar-refractivity contribution in [3.05, 3.63) is 71.8 Å². The average molecular weight is 278 g/mol. The summed E-state index contributed by atoms with van der Waals surface area (Å²) in [5.74, 6) is 0.305. The van der Waals surface area contributed by atoms with Crippen molar-refractivity contribution < 1.29 is 9.59 Å². The summed E-state index contributed by atoms with van der Waals surface area (Å²) < 4.78 is 0. The molecule has 0 N–H and O–H groups in total. The molecule has 2 nitrogen and oxygen atoms in total. The van der Waals surface area contributed by atoms with Crippen molar-refractivity contribution >= 4 is 11.6 Å². The van der Waals surface area contributed by atoms with Gasteiger partial charge in [-0.05, 0) is 23.0 Å². The maximum Gasteiger partial charge on any atom is 0.140 e. The minimum atomic E-state index is 0.0623. The van der Waals surface area contributed by atoms with Gasteiger partial charge in [-0.3, -0.25) is 9.59 Å². The van der Waals surface area contributed by atoms with Gasteiger partial charge in [0.15, 0.2) is 0 Å². The number of hydrogen-bond donors (Lipinski definition) is 0. The molecule has 2 aromatic carbocycles. The first-order chi connectivity index (χ1) is 10.2. The van der Waals surface area contributed by atoms with Gasteiger partial charge in [0.05, 0.1) is 6.42 Å². The van der Waals surface area contributed by atoms with Crippen molar-refractivity contribution in [3.63, 3.8) is 0 Å². The fourth-order valence-corrected chi connectivity index (χ4v) is 3.24. The third-order valence-corrected chi connectivity index (χ3v) is 4.23. The summed E-state index contributed by atoms with van der Waals surface area (Å²) in [7, 11) is 0. The van der Waals surface area contributed by atoms with Crippen molar-refractivity contribution in [3.8, 4) is 0 Å². The van der Waals surface area contributed by atoms with E-state index in [-0.39, 0.29) is 29.8 Å². The van der Waals surface area contributed by atoms with Gasteiger partial charge in [0.25, 0.3) is 0 Å². The molecule has 0 aliphatic heterocycles. The van der Waals surface area contributed by atoms with Crippen LogP contribution in [-0.4, -0.2) is 11.6 Å². The maximum atomic E-state index is 12.0. The number of benzene rings is 2. The number of hydrogen-bond acceptors (Lipinski definition) is 2. The first kappa shape index (κ1) is 13.7. The zero-order chi connectivity index (χ0) is 14.7. The highest BCUT2D eigenvalue weighted by Gasteiger charge is 2.32. The van der Waals surface area contributed by atoms with Crippen LogP contribution in [-0.2, 0) is 9.59 Å². The van der Waals surface area contributed by atoms with Crippen molar-refractivity contribution in [1.29, 1.82) is 0 Å². The van der Waals surface area contributed by atoms with Crippen LogP contribution < -0.4 is 0 Å². The number of ketones is 2. The Balaban J connectivity index is 2.03. The highest BCUT2D eigenvalue weighted by molar-refractivity contribution is 6.00. The van der Waals surface area contributed by atoms with Gasteiger partial charge in [-0.2, -0.15) is 0 Å². The van der Waals surface area contributed by atoms with Gasteiger partial charge < -0.3 is 0 Å². The number of carbonyl (C=O) groups is 2. The zero-order valence-electron chi connectivity index (χ0n) is 11.9. The van der Waals surface area contributed by atoms with E-state index in [4.69, 9.17) is 0 Å². The van der Waals surface area contributed by atoms with E-state index < -0.39 is 0 Å². The molecule has 1 saturated carbocycles. The van der Waals surface area contributed by atoms with E-state index in [0.717, 1.165) is 11.1 Å². The molecule has 2 atom stereocenters. The van der Waals surface area contributed by atoms with E-state index in [2.05, 4.69) is 24.3 Å². The fourth-order valence-electron chi connectivity index (χ4n) is 3.24. The summed E-state index contributed by atoms with van der Waals surface area (Å²) in [6.07, 6.45) is 0.997. The molecule has 2 aromatic rings. The van der Waals surface area contributed by atoms with Crippen molar-refractivity contribution in [2.75, 3.05) is 0 Å². The lowest BCUT2D eigenvalue weighted by molar-refractivity contribution is -0.126. The minimum absolute atomic E-state index is 0.0623. The molecule has 1 aliphatic carbocycles. The van der Waals surface area contributed by atoms with Crippen LogP contribution >= 0.6 is 0 Å². The Morgan fingerprint density at radius 3 is 1.38 bits per heavy atom. The highest BCUT2D eigenvalue weighted by Crippen LogP contribution is 2.40. The van der Waals surface area contributed by atoms with E-state index >= 15 is 0 Å². The molecule has 3 rings (SSSR count). The second-order valence-corrected chi connectivity index (χ2v) is 5.70. The zero-order valence-corrected chi connectivity index (χ0v) is 11.9. The third kappa shape index (κ3) is 3.10. The van der Waals surface area contributed by atoms with Gasteiger partial charge in [-0.25, -0.2) is 0 Å². The average Bonchev–Trinajstić information content (AvgIpc) is 2.67. The first-order valence-electron chi connectivity index (χ1n) is 7.37. The number of Topliss-reactive ketones (excluding diaryl/α,β-unsaturated/α-hetero) is 2. The molecule has 2 heteroatoms. The largest absolute Gasteiger partial charge is 0.299 e. The lowest BCUT2D eigenvalue weighted by atomic mass is 9.78. The second kappa shape index (κ2) is 6.04. The first-order valence-corrected chi connectivity index (χ1v) is 7.37. The van der Waals surface area contributed by atoms with Gasteiger partial charge in [-0.1, -0.05) is 60.7 Å². The van der Waals surface area contributed by atoms with Gasteiger partial charge in [0, 0.05) is 12.8 Å². The van der Waals surface area contributed by atoms with Crippen molar-refractivity contribution in [2.24, 2.45) is 0 Å². The van der Waals surface area contributed by atoms with E-state index in [0.29, 0.717) is 12.8 Å². The van der Waals surface area contributed by atoms with Gasteiger partial charge in [-0.15, -0.1) is 0 Å². The van der Waals surface area contributed by atoms with Crippen molar-refractivity contribution in [2.45, 2.75) is 31.1 Å². The van der Waals surface area contributed by atoms with E-state index in [9.17, 15) is 9.59 Å². The monoisotopic (exact) mass is 278 g/mol. The lowest BCUT2D eigenvalue weighted by Crippen LogP contribution is -2.13. The van der Waals surface area contributed by atoms with E-state index in [1.165, 1.54) is 0 Å². The molecule has 0 bridgehead atoms. The molecular weight excluding hydrogens is 260 g/mol. The van der Waals surface area contributed by atoms with Crippen LogP contribution in [0.1, 0.15) is 42.2 Å². The Hall–Kier alpha value is -2.22. The van der Waals surface area contributed by atoms with Crippen LogP contribution in [0.5, 0.6) is 0 Å². The van der Waals surface area contributed by atoms with Crippen LogP contribution in [0.2, 0.25) is 0 Å². The molecule has 0 amide bonds. The van der Waals surface area contributed by atoms with Crippen LogP contribution in [0.3, 0.4) is 0 Å². The summed E-state index contributed by atoms with van der Waals surface area (Å²) >= 11 is 0. The van der Waals surface area contributed by atoms with Gasteiger partial charge in [0.2, 0.25) is 0 Å². The Kier molecular flexibility index (Phi) is 3.96. The summed E-state index contributed by atoms with van der Waals surface area (Å²) in [4.78, 5) is 24.1. The van der Waals surface area contributed by atoms with Gasteiger partial charge >= 0.3 is 0 Å². The molecular formula is C19H18O2. The molecule has 0 radical (unpaired) electrons. The van der Waals surface area contributed by atoms with Gasteiger partial charge in [0.1, 0.15) is 11.6 Å². The number of rotatable bonds is 2. The summed E-state index contributed by atoms with van der Waals surface area (Å²) in [5, 5.41) is 0. The predicted molar refractivity (Wildman–Crippen MR) is 82.2 cm³/mol. The smallest absolute Gasteiger partial charge is 0.140 e. The van der Waals surface area contributed by atoms with E-state index in [1.807, 2.05) is 36.4 Å². The molecule has 106 valence electrons. The summed E-state index contributed by atoms with van der Waals surface area (Å²) in [6, 6.07) is 20.2. The second-order valence-electron chi connectivity index (χ2n) is 5.70. The third-order valence-electron chi connectivity index (χ3n) is 4.23. The maximum absolute atomic E-state index is 12.0. The summed E-state index contributed by atoms with van der Waals surface area (Å²) in [6.45, 7) is 0. The van der Waals surface area contributed by atoms with Crippen LogP contribution in [0, 0.1) is 0 Å². The lowest BCUT2D eigenvalue weighted by Gasteiger charge is -2.25. The molecule has 1 aliphatic rings. The Bertz CT molecular complexity index is 574. The Morgan fingerprint density at radius 1 is 0.619 bits per heavy atom. The molecule has 0 saturated heterocycles. The Labute approximate surface area is 124 Å². The molecule has 0 heterocycles. The van der Waals surface area contributed by atoms with Crippen LogP contribution in [0.15, 0.2) is 60.7 Å². The molecule has 0 aromatic heterocycles.